The maximum atomic E-state index is 12.8. The summed E-state index contributed by atoms with van der Waals surface area (Å²) in [7, 11) is 0. The molecule has 3 nitrogen and oxygen atoms in total. The monoisotopic (exact) mass is 248 g/mol. The van der Waals surface area contributed by atoms with Gasteiger partial charge in [0.25, 0.3) is 0 Å². The van der Waals surface area contributed by atoms with Gasteiger partial charge in [0.05, 0.1) is 11.5 Å². The second-order valence-corrected chi connectivity index (χ2v) is 4.37. The largest absolute Gasteiger partial charge is 0.359 e. The van der Waals surface area contributed by atoms with Crippen molar-refractivity contribution in [3.05, 3.63) is 35.6 Å². The van der Waals surface area contributed by atoms with E-state index in [1.807, 2.05) is 6.92 Å². The summed E-state index contributed by atoms with van der Waals surface area (Å²) in [5, 5.41) is 11.9. The smallest absolute Gasteiger partial charge is 0.207 e. The Labute approximate surface area is 107 Å². The lowest BCUT2D eigenvalue weighted by atomic mass is 9.78. The highest BCUT2D eigenvalue weighted by molar-refractivity contribution is 5.45. The van der Waals surface area contributed by atoms with Crippen LogP contribution in [0.25, 0.3) is 0 Å². The number of benzene rings is 1. The van der Waals surface area contributed by atoms with Crippen LogP contribution in [0.4, 0.5) is 4.39 Å². The van der Waals surface area contributed by atoms with Crippen LogP contribution in [0.5, 0.6) is 0 Å². The number of nitriles is 1. The van der Waals surface area contributed by atoms with Crippen molar-refractivity contribution < 1.29 is 9.18 Å². The van der Waals surface area contributed by atoms with Crippen molar-refractivity contribution in [2.24, 2.45) is 5.41 Å². The van der Waals surface area contributed by atoms with E-state index >= 15 is 0 Å². The van der Waals surface area contributed by atoms with Crippen LogP contribution in [-0.4, -0.2) is 13.0 Å². The van der Waals surface area contributed by atoms with Crippen molar-refractivity contribution in [2.45, 2.75) is 26.2 Å². The molecule has 0 aliphatic carbocycles. The van der Waals surface area contributed by atoms with Crippen LogP contribution in [0.3, 0.4) is 0 Å². The van der Waals surface area contributed by atoms with E-state index in [2.05, 4.69) is 11.4 Å². The van der Waals surface area contributed by atoms with Crippen LogP contribution >= 0.6 is 0 Å². The summed E-state index contributed by atoms with van der Waals surface area (Å²) in [6, 6.07) is 8.53. The van der Waals surface area contributed by atoms with Gasteiger partial charge in [-0.2, -0.15) is 5.26 Å². The first-order chi connectivity index (χ1) is 8.65. The minimum Gasteiger partial charge on any atom is -0.359 e. The molecule has 0 radical (unpaired) electrons. The Morgan fingerprint density at radius 2 is 2.11 bits per heavy atom. The minimum absolute atomic E-state index is 0.277. The van der Waals surface area contributed by atoms with Crippen LogP contribution in [0, 0.1) is 22.6 Å². The van der Waals surface area contributed by atoms with E-state index in [4.69, 9.17) is 0 Å². The zero-order chi connectivity index (χ0) is 13.4. The Kier molecular flexibility index (Phi) is 5.31. The van der Waals surface area contributed by atoms with Gasteiger partial charge in [-0.15, -0.1) is 0 Å². The summed E-state index contributed by atoms with van der Waals surface area (Å²) in [6.07, 6.45) is 2.49. The van der Waals surface area contributed by atoms with Crippen LogP contribution in [-0.2, 0) is 11.2 Å². The Morgan fingerprint density at radius 1 is 1.44 bits per heavy atom. The molecule has 0 saturated carbocycles. The molecule has 0 saturated heterocycles. The number of rotatable bonds is 7. The zero-order valence-corrected chi connectivity index (χ0v) is 10.4. The Morgan fingerprint density at radius 3 is 2.61 bits per heavy atom. The normalized spacial score (nSPS) is 13.4. The lowest BCUT2D eigenvalue weighted by Gasteiger charge is -2.25. The second kappa shape index (κ2) is 6.75. The first-order valence-corrected chi connectivity index (χ1v) is 5.98. The fraction of sp³-hybridized carbons (Fsp3) is 0.429. The van der Waals surface area contributed by atoms with E-state index in [1.54, 1.807) is 12.1 Å². The molecular weight excluding hydrogens is 231 g/mol. The quantitative estimate of drug-likeness (QED) is 0.595. The second-order valence-electron chi connectivity index (χ2n) is 4.37. The summed E-state index contributed by atoms with van der Waals surface area (Å²) in [4.78, 5) is 10.2. The average Bonchev–Trinajstić information content (AvgIpc) is 2.40. The van der Waals surface area contributed by atoms with Gasteiger partial charge in [0.15, 0.2) is 0 Å². The third kappa shape index (κ3) is 3.85. The number of nitrogens with zero attached hydrogens (tertiary/aromatic N) is 1. The lowest BCUT2D eigenvalue weighted by Crippen LogP contribution is -2.27. The summed E-state index contributed by atoms with van der Waals surface area (Å²) in [5.74, 6) is -0.277. The highest BCUT2D eigenvalue weighted by Crippen LogP contribution is 2.30. The van der Waals surface area contributed by atoms with Gasteiger partial charge in [-0.1, -0.05) is 19.1 Å². The molecule has 0 spiro atoms. The average molecular weight is 248 g/mol. The van der Waals surface area contributed by atoms with Crippen LogP contribution in [0.15, 0.2) is 24.3 Å². The molecule has 96 valence electrons. The number of amides is 1. The molecule has 1 amide bonds. The predicted octanol–water partition coefficient (Wildman–Crippen LogP) is 2.42. The van der Waals surface area contributed by atoms with E-state index in [1.165, 1.54) is 12.1 Å². The van der Waals surface area contributed by atoms with Gasteiger partial charge in [0, 0.05) is 6.54 Å². The highest BCUT2D eigenvalue weighted by Gasteiger charge is 2.27. The molecule has 1 unspecified atom stereocenters. The van der Waals surface area contributed by atoms with E-state index in [-0.39, 0.29) is 5.82 Å². The number of carbonyl (C=O) groups excluding carboxylic acids is 1. The molecule has 18 heavy (non-hydrogen) atoms. The Hall–Kier alpha value is -1.89. The van der Waals surface area contributed by atoms with Gasteiger partial charge in [-0.05, 0) is 37.0 Å². The molecule has 4 heteroatoms. The van der Waals surface area contributed by atoms with Crippen molar-refractivity contribution >= 4 is 6.41 Å². The fourth-order valence-corrected chi connectivity index (χ4v) is 1.93. The number of carbonyl (C=O) groups is 1. The zero-order valence-electron chi connectivity index (χ0n) is 10.4. The molecule has 1 aromatic rings. The standard InChI is InChI=1S/C14H17FN2O/c1-2-14(10-16,7-8-17-11-18)9-12-3-5-13(15)6-4-12/h3-6,11H,2,7-9H2,1H3,(H,17,18). The number of halogens is 1. The third-order valence-corrected chi connectivity index (χ3v) is 3.20. The van der Waals surface area contributed by atoms with Crippen LogP contribution < -0.4 is 5.32 Å². The third-order valence-electron chi connectivity index (χ3n) is 3.20. The fourth-order valence-electron chi connectivity index (χ4n) is 1.93. The van der Waals surface area contributed by atoms with Crippen LogP contribution in [0.2, 0.25) is 0 Å². The summed E-state index contributed by atoms with van der Waals surface area (Å²) in [5.41, 5.74) is 0.430. The van der Waals surface area contributed by atoms with E-state index in [0.29, 0.717) is 32.2 Å². The first-order valence-electron chi connectivity index (χ1n) is 5.98. The maximum absolute atomic E-state index is 12.8. The number of hydrogen-bond acceptors (Lipinski definition) is 2. The molecule has 0 aromatic heterocycles. The molecule has 0 aliphatic heterocycles. The Bertz CT molecular complexity index is 424. The van der Waals surface area contributed by atoms with E-state index < -0.39 is 5.41 Å². The molecule has 1 atom stereocenters. The van der Waals surface area contributed by atoms with Gasteiger partial charge in [0.1, 0.15) is 5.82 Å². The van der Waals surface area contributed by atoms with Crippen LogP contribution in [0.1, 0.15) is 25.3 Å². The van der Waals surface area contributed by atoms with E-state index in [0.717, 1.165) is 5.56 Å². The van der Waals surface area contributed by atoms with Gasteiger partial charge in [-0.3, -0.25) is 4.79 Å². The summed E-state index contributed by atoms with van der Waals surface area (Å²) < 4.78 is 12.8. The van der Waals surface area contributed by atoms with Gasteiger partial charge in [0.2, 0.25) is 6.41 Å². The maximum Gasteiger partial charge on any atom is 0.207 e. The number of hydrogen-bond donors (Lipinski definition) is 1. The minimum atomic E-state index is -0.506. The van der Waals surface area contributed by atoms with Crippen molar-refractivity contribution in [2.75, 3.05) is 6.54 Å². The van der Waals surface area contributed by atoms with Crippen molar-refractivity contribution in [3.8, 4) is 6.07 Å². The molecular formula is C14H17FN2O. The first kappa shape index (κ1) is 14.2. The van der Waals surface area contributed by atoms with E-state index in [9.17, 15) is 14.4 Å². The molecule has 0 fully saturated rings. The topological polar surface area (TPSA) is 52.9 Å². The Balaban J connectivity index is 2.75. The SMILES string of the molecule is CCC(C#N)(CCNC=O)Cc1ccc(F)cc1. The molecule has 1 N–H and O–H groups in total. The summed E-state index contributed by atoms with van der Waals surface area (Å²) >= 11 is 0. The number of nitrogens with one attached hydrogen (secondary N) is 1. The molecule has 0 aliphatic rings. The van der Waals surface area contributed by atoms with Gasteiger partial charge >= 0.3 is 0 Å². The van der Waals surface area contributed by atoms with Gasteiger partial charge in [-0.25, -0.2) is 4.39 Å². The summed E-state index contributed by atoms with van der Waals surface area (Å²) in [6.45, 7) is 2.43. The molecule has 1 rings (SSSR count). The molecule has 0 bridgehead atoms. The highest BCUT2D eigenvalue weighted by atomic mass is 19.1. The van der Waals surface area contributed by atoms with Crippen molar-refractivity contribution in [1.29, 1.82) is 5.26 Å². The van der Waals surface area contributed by atoms with Crippen molar-refractivity contribution in [3.63, 3.8) is 0 Å². The van der Waals surface area contributed by atoms with Crippen molar-refractivity contribution in [1.82, 2.24) is 5.32 Å². The lowest BCUT2D eigenvalue weighted by molar-refractivity contribution is -0.109. The predicted molar refractivity (Wildman–Crippen MR) is 67.1 cm³/mol. The molecule has 1 aromatic carbocycles. The van der Waals surface area contributed by atoms with Gasteiger partial charge < -0.3 is 5.32 Å². The molecule has 0 heterocycles.